The summed E-state index contributed by atoms with van der Waals surface area (Å²) in [5.74, 6) is 0. The molecule has 0 saturated heterocycles. The Morgan fingerprint density at radius 2 is 0.957 bits per heavy atom. The van der Waals surface area contributed by atoms with Crippen LogP contribution in [-0.4, -0.2) is 37.4 Å². The predicted molar refractivity (Wildman–Crippen MR) is 83.3 cm³/mol. The van der Waals surface area contributed by atoms with Crippen molar-refractivity contribution in [2.75, 3.05) is 0 Å². The van der Waals surface area contributed by atoms with Crippen molar-refractivity contribution in [2.45, 2.75) is 9.79 Å². The Kier molecular flexibility index (Phi) is 8.63. The van der Waals surface area contributed by atoms with Crippen LogP contribution in [0.4, 0.5) is 0 Å². The van der Waals surface area contributed by atoms with Gasteiger partial charge in [0.05, 0.1) is 9.79 Å². The lowest BCUT2D eigenvalue weighted by Crippen LogP contribution is -1.96. The van der Waals surface area contributed by atoms with Gasteiger partial charge >= 0.3 is 0 Å². The predicted octanol–water partition coefficient (Wildman–Crippen LogP) is 1.78. The lowest BCUT2D eigenvalue weighted by Gasteiger charge is -1.92. The first-order chi connectivity index (χ1) is 10.6. The third-order valence-corrected chi connectivity index (χ3v) is 3.82. The van der Waals surface area contributed by atoms with Gasteiger partial charge in [-0.25, -0.2) is 0 Å². The van der Waals surface area contributed by atoms with Crippen LogP contribution >= 0.6 is 0 Å². The highest BCUT2D eigenvalue weighted by molar-refractivity contribution is 7.86. The van der Waals surface area contributed by atoms with Crippen LogP contribution < -0.4 is 0 Å². The fourth-order valence-electron chi connectivity index (χ4n) is 1.18. The summed E-state index contributed by atoms with van der Waals surface area (Å²) < 4.78 is 58.5. The molecule has 0 aromatic heterocycles. The molecule has 8 nitrogen and oxygen atoms in total. The zero-order valence-corrected chi connectivity index (χ0v) is 13.4. The minimum atomic E-state index is -4.00. The van der Waals surface area contributed by atoms with E-state index in [0.29, 0.717) is 0 Å². The summed E-state index contributed by atoms with van der Waals surface area (Å²) in [4.78, 5) is 2.10. The SMILES string of the molecule is C=[N+]=[N-].O=S(=O)(O)c1ccccc1.O=S(=O)(O)c1ccccc1. The van der Waals surface area contributed by atoms with E-state index in [1.807, 2.05) is 0 Å². The quantitative estimate of drug-likeness (QED) is 0.362. The summed E-state index contributed by atoms with van der Waals surface area (Å²) >= 11 is 0. The van der Waals surface area contributed by atoms with Gasteiger partial charge in [0.25, 0.3) is 20.2 Å². The fourth-order valence-corrected chi connectivity index (χ4v) is 2.19. The zero-order chi connectivity index (χ0) is 17.9. The maximum absolute atomic E-state index is 10.4. The maximum atomic E-state index is 10.4. The molecule has 0 fully saturated rings. The van der Waals surface area contributed by atoms with Crippen molar-refractivity contribution in [1.82, 2.24) is 0 Å². The van der Waals surface area contributed by atoms with Gasteiger partial charge in [-0.2, -0.15) is 21.6 Å². The van der Waals surface area contributed by atoms with Crippen molar-refractivity contribution in [3.63, 3.8) is 0 Å². The normalized spacial score (nSPS) is 10.2. The van der Waals surface area contributed by atoms with Crippen LogP contribution in [0, 0.1) is 0 Å². The van der Waals surface area contributed by atoms with Gasteiger partial charge in [0, 0.05) is 0 Å². The van der Waals surface area contributed by atoms with Crippen molar-refractivity contribution in [1.29, 1.82) is 0 Å². The largest absolute Gasteiger partial charge is 0.362 e. The van der Waals surface area contributed by atoms with E-state index in [1.54, 1.807) is 36.4 Å². The molecule has 0 aliphatic carbocycles. The second kappa shape index (κ2) is 9.62. The average molecular weight is 358 g/mol. The van der Waals surface area contributed by atoms with Gasteiger partial charge in [0.15, 0.2) is 0 Å². The molecule has 0 aliphatic rings. The monoisotopic (exact) mass is 358 g/mol. The number of nitrogens with zero attached hydrogens (tertiary/aromatic N) is 2. The van der Waals surface area contributed by atoms with E-state index >= 15 is 0 Å². The molecule has 0 bridgehead atoms. The molecule has 0 atom stereocenters. The highest BCUT2D eigenvalue weighted by atomic mass is 32.2. The highest BCUT2D eigenvalue weighted by Gasteiger charge is 2.06. The van der Waals surface area contributed by atoms with Crippen molar-refractivity contribution >= 4 is 27.0 Å². The minimum absolute atomic E-state index is 0.0741. The van der Waals surface area contributed by atoms with Crippen LogP contribution in [0.2, 0.25) is 0 Å². The van der Waals surface area contributed by atoms with Crippen molar-refractivity contribution in [2.24, 2.45) is 0 Å². The smallest absolute Gasteiger partial charge is 0.294 e. The summed E-state index contributed by atoms with van der Waals surface area (Å²) in [6.07, 6.45) is 0. The Morgan fingerprint density at radius 1 is 0.739 bits per heavy atom. The molecule has 2 rings (SSSR count). The zero-order valence-electron chi connectivity index (χ0n) is 11.7. The third kappa shape index (κ3) is 9.30. The maximum Gasteiger partial charge on any atom is 0.294 e. The van der Waals surface area contributed by atoms with Gasteiger partial charge in [-0.15, -0.1) is 0 Å². The first kappa shape index (κ1) is 20.6. The summed E-state index contributed by atoms with van der Waals surface area (Å²) in [6.45, 7) is 2.67. The molecule has 0 heterocycles. The molecule has 2 aromatic carbocycles. The topological polar surface area (TPSA) is 145 Å². The van der Waals surface area contributed by atoms with Gasteiger partial charge in [-0.05, 0) is 24.3 Å². The average Bonchev–Trinajstić information content (AvgIpc) is 2.49. The fraction of sp³-hybridized carbons (Fsp3) is 0. The first-order valence-electron chi connectivity index (χ1n) is 5.78. The molecule has 2 aromatic rings. The van der Waals surface area contributed by atoms with E-state index in [9.17, 15) is 16.8 Å². The van der Waals surface area contributed by atoms with E-state index in [4.69, 9.17) is 14.6 Å². The van der Waals surface area contributed by atoms with Crippen molar-refractivity contribution in [3.05, 3.63) is 66.2 Å². The van der Waals surface area contributed by atoms with Crippen LogP contribution in [0.3, 0.4) is 0 Å². The van der Waals surface area contributed by atoms with Gasteiger partial charge < -0.3 is 5.53 Å². The number of hydrogen-bond acceptors (Lipinski definition) is 4. The summed E-state index contributed by atoms with van der Waals surface area (Å²) in [7, 11) is -8.01. The Labute approximate surface area is 134 Å². The van der Waals surface area contributed by atoms with E-state index in [-0.39, 0.29) is 9.79 Å². The number of rotatable bonds is 2. The van der Waals surface area contributed by atoms with Crippen molar-refractivity contribution < 1.29 is 30.7 Å². The van der Waals surface area contributed by atoms with Gasteiger partial charge in [0.2, 0.25) is 6.72 Å². The molecule has 0 unspecified atom stereocenters. The molecular formula is C13H14N2O6S2. The highest BCUT2D eigenvalue weighted by Crippen LogP contribution is 2.05. The summed E-state index contributed by atoms with van der Waals surface area (Å²) in [6, 6.07) is 14.8. The summed E-state index contributed by atoms with van der Waals surface area (Å²) in [5, 5.41) is 0. The molecule has 10 heteroatoms. The Balaban J connectivity index is 0.000000360. The van der Waals surface area contributed by atoms with E-state index < -0.39 is 20.2 Å². The Morgan fingerprint density at radius 3 is 1.09 bits per heavy atom. The standard InChI is InChI=1S/2C6H6O3S.CH2N2/c2*7-10(8,9)6-4-2-1-3-5-6;1-3-2/h2*1-5H,(H,7,8,9);1H2. The van der Waals surface area contributed by atoms with E-state index in [0.717, 1.165) is 0 Å². The summed E-state index contributed by atoms with van der Waals surface area (Å²) in [5.41, 5.74) is 7.08. The van der Waals surface area contributed by atoms with Crippen LogP contribution in [0.5, 0.6) is 0 Å². The van der Waals surface area contributed by atoms with Gasteiger partial charge in [-0.1, -0.05) is 36.4 Å². The number of hydrogen-bond donors (Lipinski definition) is 2. The Bertz CT molecular complexity index is 761. The molecule has 0 saturated carbocycles. The number of benzene rings is 2. The first-order valence-corrected chi connectivity index (χ1v) is 8.66. The van der Waals surface area contributed by atoms with Crippen molar-refractivity contribution in [3.8, 4) is 0 Å². The van der Waals surface area contributed by atoms with Gasteiger partial charge in [0.1, 0.15) is 0 Å². The van der Waals surface area contributed by atoms with E-state index in [1.165, 1.54) is 24.3 Å². The molecule has 0 spiro atoms. The van der Waals surface area contributed by atoms with Crippen LogP contribution in [-0.2, 0) is 20.2 Å². The lowest BCUT2D eigenvalue weighted by molar-refractivity contribution is 0.0110. The molecule has 0 aliphatic heterocycles. The molecule has 0 amide bonds. The molecular weight excluding hydrogens is 344 g/mol. The molecule has 2 N–H and O–H groups in total. The Hall–Kier alpha value is -2.36. The van der Waals surface area contributed by atoms with Crippen LogP contribution in [0.15, 0.2) is 70.5 Å². The lowest BCUT2D eigenvalue weighted by atomic mass is 10.4. The molecule has 23 heavy (non-hydrogen) atoms. The van der Waals surface area contributed by atoms with Crippen LogP contribution in [0.1, 0.15) is 0 Å². The molecule has 0 radical (unpaired) electrons. The third-order valence-electron chi connectivity index (χ3n) is 2.08. The minimum Gasteiger partial charge on any atom is -0.362 e. The van der Waals surface area contributed by atoms with Crippen LogP contribution in [0.25, 0.3) is 5.53 Å². The van der Waals surface area contributed by atoms with E-state index in [2.05, 4.69) is 11.5 Å². The molecule has 124 valence electrons. The van der Waals surface area contributed by atoms with Gasteiger partial charge in [-0.3, -0.25) is 9.11 Å². The second-order valence-corrected chi connectivity index (χ2v) is 6.56. The second-order valence-electron chi connectivity index (χ2n) is 3.72.